The molecule has 0 aromatic carbocycles. The van der Waals surface area contributed by atoms with Gasteiger partial charge in [0.1, 0.15) is 0 Å². The molecular weight excluding hydrogens is 318 g/mol. The summed E-state index contributed by atoms with van der Waals surface area (Å²) in [5, 5.41) is 9.21. The van der Waals surface area contributed by atoms with Gasteiger partial charge in [-0.25, -0.2) is 0 Å². The van der Waals surface area contributed by atoms with Crippen molar-refractivity contribution in [2.24, 2.45) is 0 Å². The van der Waals surface area contributed by atoms with Gasteiger partial charge in [0, 0.05) is 13.1 Å². The molecule has 0 aromatic heterocycles. The predicted octanol–water partition coefficient (Wildman–Crippen LogP) is 6.35. The van der Waals surface area contributed by atoms with E-state index in [1.54, 1.807) is 0 Å². The van der Waals surface area contributed by atoms with Crippen LogP contribution in [0.5, 0.6) is 0 Å². The highest BCUT2D eigenvalue weighted by molar-refractivity contribution is 5.85. The van der Waals surface area contributed by atoms with Crippen LogP contribution in [0.15, 0.2) is 0 Å². The Morgan fingerprint density at radius 3 is 1.29 bits per heavy atom. The van der Waals surface area contributed by atoms with Crippen molar-refractivity contribution < 1.29 is 5.11 Å². The number of aliphatic hydroxyl groups is 1. The second kappa shape index (κ2) is 18.0. The molecular formula is C21H44ClNO. The quantitative estimate of drug-likeness (QED) is 0.305. The van der Waals surface area contributed by atoms with E-state index in [9.17, 15) is 5.11 Å². The molecule has 24 heavy (non-hydrogen) atoms. The summed E-state index contributed by atoms with van der Waals surface area (Å²) < 4.78 is 0. The van der Waals surface area contributed by atoms with Crippen LogP contribution in [0, 0.1) is 0 Å². The summed E-state index contributed by atoms with van der Waals surface area (Å²) in [7, 11) is 0. The SMILES string of the molecule is CCCCCCCCCCCCCCCCCCN1CC(O)C1.Cl. The van der Waals surface area contributed by atoms with Gasteiger partial charge in [-0.2, -0.15) is 0 Å². The first-order valence-corrected chi connectivity index (χ1v) is 10.7. The molecule has 2 nitrogen and oxygen atoms in total. The summed E-state index contributed by atoms with van der Waals surface area (Å²) in [6.45, 7) is 5.33. The Labute approximate surface area is 158 Å². The summed E-state index contributed by atoms with van der Waals surface area (Å²) in [6, 6.07) is 0. The van der Waals surface area contributed by atoms with E-state index in [4.69, 9.17) is 0 Å². The van der Waals surface area contributed by atoms with Crippen molar-refractivity contribution in [1.29, 1.82) is 0 Å². The van der Waals surface area contributed by atoms with Crippen molar-refractivity contribution in [3.8, 4) is 0 Å². The third kappa shape index (κ3) is 14.5. The molecule has 1 saturated heterocycles. The number of hydrogen-bond donors (Lipinski definition) is 1. The second-order valence-electron chi connectivity index (χ2n) is 7.72. The van der Waals surface area contributed by atoms with Crippen molar-refractivity contribution in [1.82, 2.24) is 4.90 Å². The average molecular weight is 362 g/mol. The molecule has 0 radical (unpaired) electrons. The van der Waals surface area contributed by atoms with Gasteiger partial charge >= 0.3 is 0 Å². The molecule has 1 N–H and O–H groups in total. The number of aliphatic hydroxyl groups excluding tert-OH is 1. The first kappa shape index (κ1) is 24.2. The maximum absolute atomic E-state index is 9.21. The number of rotatable bonds is 17. The zero-order chi connectivity index (χ0) is 16.6. The molecule has 0 bridgehead atoms. The maximum Gasteiger partial charge on any atom is 0.0793 e. The second-order valence-corrected chi connectivity index (χ2v) is 7.72. The molecule has 0 atom stereocenters. The summed E-state index contributed by atoms with van der Waals surface area (Å²) in [5.74, 6) is 0. The fourth-order valence-electron chi connectivity index (χ4n) is 3.61. The lowest BCUT2D eigenvalue weighted by Gasteiger charge is -2.35. The minimum atomic E-state index is -0.0314. The van der Waals surface area contributed by atoms with Crippen LogP contribution >= 0.6 is 12.4 Å². The highest BCUT2D eigenvalue weighted by Crippen LogP contribution is 2.14. The van der Waals surface area contributed by atoms with Crippen LogP contribution in [-0.4, -0.2) is 35.7 Å². The Hall–Kier alpha value is 0.210. The topological polar surface area (TPSA) is 23.5 Å². The van der Waals surface area contributed by atoms with Crippen molar-refractivity contribution in [3.05, 3.63) is 0 Å². The van der Waals surface area contributed by atoms with Crippen LogP contribution in [0.2, 0.25) is 0 Å². The maximum atomic E-state index is 9.21. The highest BCUT2D eigenvalue weighted by Gasteiger charge is 2.22. The molecule has 146 valence electrons. The zero-order valence-electron chi connectivity index (χ0n) is 16.3. The predicted molar refractivity (Wildman–Crippen MR) is 109 cm³/mol. The Balaban J connectivity index is 0.00000529. The summed E-state index contributed by atoms with van der Waals surface area (Å²) >= 11 is 0. The number of β-amino-alcohol motifs (C(OH)–C–C–N with tert-alkyl or cyclic N) is 1. The molecule has 1 aliphatic rings. The minimum Gasteiger partial charge on any atom is -0.390 e. The Morgan fingerprint density at radius 2 is 0.958 bits per heavy atom. The van der Waals surface area contributed by atoms with Crippen LogP contribution in [0.25, 0.3) is 0 Å². The van der Waals surface area contributed by atoms with Crippen molar-refractivity contribution in [2.75, 3.05) is 19.6 Å². The molecule has 1 aliphatic heterocycles. The Bertz CT molecular complexity index is 244. The first-order valence-electron chi connectivity index (χ1n) is 10.7. The lowest BCUT2D eigenvalue weighted by molar-refractivity contribution is 0.00147. The van der Waals surface area contributed by atoms with Crippen molar-refractivity contribution in [2.45, 2.75) is 116 Å². The van der Waals surface area contributed by atoms with Crippen LogP contribution < -0.4 is 0 Å². The third-order valence-electron chi connectivity index (χ3n) is 5.27. The summed E-state index contributed by atoms with van der Waals surface area (Å²) in [6.07, 6.45) is 22.9. The number of likely N-dealkylation sites (tertiary alicyclic amines) is 1. The van der Waals surface area contributed by atoms with E-state index in [0.29, 0.717) is 0 Å². The summed E-state index contributed by atoms with van der Waals surface area (Å²) in [5.41, 5.74) is 0. The van der Waals surface area contributed by atoms with E-state index in [1.165, 1.54) is 109 Å². The molecule has 0 saturated carbocycles. The smallest absolute Gasteiger partial charge is 0.0793 e. The van der Waals surface area contributed by atoms with Crippen LogP contribution in [0.4, 0.5) is 0 Å². The number of halogens is 1. The third-order valence-corrected chi connectivity index (χ3v) is 5.27. The molecule has 1 fully saturated rings. The van der Waals surface area contributed by atoms with Gasteiger partial charge in [-0.1, -0.05) is 103 Å². The van der Waals surface area contributed by atoms with Crippen LogP contribution in [0.1, 0.15) is 110 Å². The van der Waals surface area contributed by atoms with Gasteiger partial charge in [-0.15, -0.1) is 12.4 Å². The van der Waals surface area contributed by atoms with Gasteiger partial charge in [-0.05, 0) is 13.0 Å². The Morgan fingerprint density at radius 1 is 0.625 bits per heavy atom. The molecule has 1 rings (SSSR count). The zero-order valence-corrected chi connectivity index (χ0v) is 17.1. The number of hydrogen-bond acceptors (Lipinski definition) is 2. The lowest BCUT2D eigenvalue weighted by atomic mass is 10.0. The van der Waals surface area contributed by atoms with E-state index in [2.05, 4.69) is 11.8 Å². The average Bonchev–Trinajstić information content (AvgIpc) is 2.52. The first-order chi connectivity index (χ1) is 11.3. The number of unbranched alkanes of at least 4 members (excludes halogenated alkanes) is 15. The minimum absolute atomic E-state index is 0. The van der Waals surface area contributed by atoms with E-state index in [1.807, 2.05) is 0 Å². The van der Waals surface area contributed by atoms with Gasteiger partial charge in [-0.3, -0.25) is 4.90 Å². The van der Waals surface area contributed by atoms with E-state index < -0.39 is 0 Å². The van der Waals surface area contributed by atoms with Gasteiger partial charge in [0.2, 0.25) is 0 Å². The fourth-order valence-corrected chi connectivity index (χ4v) is 3.61. The van der Waals surface area contributed by atoms with Crippen molar-refractivity contribution in [3.63, 3.8) is 0 Å². The van der Waals surface area contributed by atoms with Gasteiger partial charge in [0.15, 0.2) is 0 Å². The number of nitrogens with zero attached hydrogens (tertiary/aromatic N) is 1. The van der Waals surface area contributed by atoms with Crippen LogP contribution in [0.3, 0.4) is 0 Å². The molecule has 0 spiro atoms. The van der Waals surface area contributed by atoms with E-state index in [-0.39, 0.29) is 18.5 Å². The summed E-state index contributed by atoms with van der Waals surface area (Å²) in [4.78, 5) is 2.37. The van der Waals surface area contributed by atoms with Gasteiger partial charge in [0.05, 0.1) is 6.10 Å². The van der Waals surface area contributed by atoms with Crippen LogP contribution in [-0.2, 0) is 0 Å². The van der Waals surface area contributed by atoms with E-state index in [0.717, 1.165) is 13.1 Å². The molecule has 0 aromatic rings. The van der Waals surface area contributed by atoms with E-state index >= 15 is 0 Å². The molecule has 0 aliphatic carbocycles. The molecule has 0 amide bonds. The molecule has 3 heteroatoms. The normalized spacial score (nSPS) is 15.2. The molecule has 0 unspecified atom stereocenters. The fraction of sp³-hybridized carbons (Fsp3) is 1.00. The molecule has 1 heterocycles. The van der Waals surface area contributed by atoms with Gasteiger partial charge in [0.25, 0.3) is 0 Å². The Kier molecular flexibility index (Phi) is 18.2. The lowest BCUT2D eigenvalue weighted by Crippen LogP contribution is -2.50. The standard InChI is InChI=1S/C21H43NO.ClH/c1-2-3-4-5-6-7-8-9-10-11-12-13-14-15-16-17-18-22-19-21(23)20-22;/h21,23H,2-20H2,1H3;1H. The van der Waals surface area contributed by atoms with Gasteiger partial charge < -0.3 is 5.11 Å². The largest absolute Gasteiger partial charge is 0.390 e. The highest BCUT2D eigenvalue weighted by atomic mass is 35.5. The van der Waals surface area contributed by atoms with Crippen molar-refractivity contribution >= 4 is 12.4 Å². The monoisotopic (exact) mass is 361 g/mol.